The van der Waals surface area contributed by atoms with Gasteiger partial charge in [-0.3, -0.25) is 9.69 Å². The minimum atomic E-state index is -0.240. The van der Waals surface area contributed by atoms with Crippen molar-refractivity contribution in [2.24, 2.45) is 0 Å². The van der Waals surface area contributed by atoms with E-state index in [1.807, 2.05) is 78.6 Å². The Morgan fingerprint density at radius 3 is 2.33 bits per heavy atom. The highest BCUT2D eigenvalue weighted by Gasteiger charge is 2.33. The average molecular weight is 354 g/mol. The van der Waals surface area contributed by atoms with Gasteiger partial charge in [0.25, 0.3) is 5.91 Å². The van der Waals surface area contributed by atoms with Crippen LogP contribution in [-0.2, 0) is 0 Å². The number of fused-ring (bicyclic) bond motifs is 1. The standard InChI is InChI=1S/C24H22N2O/c1-17-12-14-20(15-13-17)26-23(18(2)16-19-8-4-3-5-9-19)25-22-11-7-6-10-21(22)24(26)27/h3-16,23,25H,1-2H3/b18-16+/t23-/m1/s1. The van der Waals surface area contributed by atoms with Crippen LogP contribution in [0.4, 0.5) is 11.4 Å². The molecule has 1 atom stereocenters. The van der Waals surface area contributed by atoms with Crippen molar-refractivity contribution in [1.82, 2.24) is 0 Å². The Balaban J connectivity index is 1.80. The van der Waals surface area contributed by atoms with Crippen molar-refractivity contribution in [2.45, 2.75) is 20.0 Å². The molecule has 1 aliphatic rings. The topological polar surface area (TPSA) is 32.3 Å². The molecular formula is C24H22N2O. The fraction of sp³-hybridized carbons (Fsp3) is 0.125. The fourth-order valence-electron chi connectivity index (χ4n) is 3.43. The third-order valence-corrected chi connectivity index (χ3v) is 4.86. The van der Waals surface area contributed by atoms with Crippen molar-refractivity contribution >= 4 is 23.4 Å². The van der Waals surface area contributed by atoms with E-state index in [-0.39, 0.29) is 12.1 Å². The summed E-state index contributed by atoms with van der Waals surface area (Å²) in [7, 11) is 0. The number of rotatable bonds is 3. The van der Waals surface area contributed by atoms with Gasteiger partial charge in [0.05, 0.1) is 5.56 Å². The number of benzene rings is 3. The summed E-state index contributed by atoms with van der Waals surface area (Å²) >= 11 is 0. The summed E-state index contributed by atoms with van der Waals surface area (Å²) in [6, 6.07) is 26.0. The second kappa shape index (κ2) is 7.12. The summed E-state index contributed by atoms with van der Waals surface area (Å²) in [4.78, 5) is 15.2. The molecule has 0 bridgehead atoms. The van der Waals surface area contributed by atoms with Gasteiger partial charge in [0.2, 0.25) is 0 Å². The molecule has 0 spiro atoms. The Morgan fingerprint density at radius 2 is 1.59 bits per heavy atom. The summed E-state index contributed by atoms with van der Waals surface area (Å²) in [6.45, 7) is 4.11. The SMILES string of the molecule is C/C(=C\c1ccccc1)[C@@H]1Nc2ccccc2C(=O)N1c1ccc(C)cc1. The molecule has 0 fully saturated rings. The highest BCUT2D eigenvalue weighted by molar-refractivity contribution is 6.12. The molecule has 0 saturated carbocycles. The molecule has 3 aromatic carbocycles. The molecule has 0 saturated heterocycles. The van der Waals surface area contributed by atoms with E-state index in [1.165, 1.54) is 5.56 Å². The summed E-state index contributed by atoms with van der Waals surface area (Å²) < 4.78 is 0. The van der Waals surface area contributed by atoms with Crippen molar-refractivity contribution in [3.05, 3.63) is 101 Å². The van der Waals surface area contributed by atoms with Gasteiger partial charge in [-0.05, 0) is 49.2 Å². The third kappa shape index (κ3) is 3.36. The molecule has 0 unspecified atom stereocenters. The van der Waals surface area contributed by atoms with Crippen molar-refractivity contribution in [3.8, 4) is 0 Å². The van der Waals surface area contributed by atoms with Gasteiger partial charge in [-0.1, -0.05) is 66.2 Å². The number of amides is 1. The van der Waals surface area contributed by atoms with Crippen LogP contribution >= 0.6 is 0 Å². The summed E-state index contributed by atoms with van der Waals surface area (Å²) in [5, 5.41) is 3.55. The number of hydrogen-bond acceptors (Lipinski definition) is 2. The van der Waals surface area contributed by atoms with Gasteiger partial charge in [0.15, 0.2) is 0 Å². The molecule has 1 amide bonds. The maximum Gasteiger partial charge on any atom is 0.262 e. The van der Waals surface area contributed by atoms with Crippen LogP contribution in [0.2, 0.25) is 0 Å². The first-order valence-corrected chi connectivity index (χ1v) is 9.12. The highest BCUT2D eigenvalue weighted by Crippen LogP contribution is 2.32. The average Bonchev–Trinajstić information content (AvgIpc) is 2.69. The van der Waals surface area contributed by atoms with Crippen LogP contribution in [0.15, 0.2) is 84.4 Å². The van der Waals surface area contributed by atoms with Crippen molar-refractivity contribution in [1.29, 1.82) is 0 Å². The molecule has 0 aromatic heterocycles. The van der Waals surface area contributed by atoms with Crippen LogP contribution in [0.1, 0.15) is 28.4 Å². The zero-order valence-electron chi connectivity index (χ0n) is 15.5. The number of carbonyl (C=O) groups is 1. The van der Waals surface area contributed by atoms with Crippen LogP contribution in [0.25, 0.3) is 6.08 Å². The lowest BCUT2D eigenvalue weighted by atomic mass is 10.0. The fourth-order valence-corrected chi connectivity index (χ4v) is 3.43. The van der Waals surface area contributed by atoms with E-state index in [1.54, 1.807) is 0 Å². The van der Waals surface area contributed by atoms with Gasteiger partial charge in [-0.25, -0.2) is 0 Å². The third-order valence-electron chi connectivity index (χ3n) is 4.86. The molecule has 1 heterocycles. The Hall–Kier alpha value is -3.33. The quantitative estimate of drug-likeness (QED) is 0.674. The second-order valence-electron chi connectivity index (χ2n) is 6.90. The lowest BCUT2D eigenvalue weighted by molar-refractivity contribution is 0.0978. The van der Waals surface area contributed by atoms with E-state index < -0.39 is 0 Å². The smallest absolute Gasteiger partial charge is 0.262 e. The van der Waals surface area contributed by atoms with Crippen LogP contribution in [0.3, 0.4) is 0 Å². The van der Waals surface area contributed by atoms with Gasteiger partial charge in [-0.2, -0.15) is 0 Å². The maximum atomic E-state index is 13.3. The molecular weight excluding hydrogens is 332 g/mol. The number of carbonyl (C=O) groups excluding carboxylic acids is 1. The maximum absolute atomic E-state index is 13.3. The minimum absolute atomic E-state index is 0.0130. The molecule has 27 heavy (non-hydrogen) atoms. The van der Waals surface area contributed by atoms with Gasteiger partial charge >= 0.3 is 0 Å². The van der Waals surface area contributed by atoms with Gasteiger partial charge < -0.3 is 5.32 Å². The van der Waals surface area contributed by atoms with Crippen LogP contribution in [0.5, 0.6) is 0 Å². The predicted octanol–water partition coefficient (Wildman–Crippen LogP) is 5.50. The normalized spacial score (nSPS) is 16.7. The van der Waals surface area contributed by atoms with Crippen molar-refractivity contribution in [3.63, 3.8) is 0 Å². The van der Waals surface area contributed by atoms with E-state index in [0.717, 1.165) is 22.5 Å². The summed E-state index contributed by atoms with van der Waals surface area (Å²) in [5.74, 6) is 0.0130. The Bertz CT molecular complexity index is 990. The lowest BCUT2D eigenvalue weighted by Crippen LogP contribution is -2.49. The lowest BCUT2D eigenvalue weighted by Gasteiger charge is -2.38. The number of hydrogen-bond donors (Lipinski definition) is 1. The van der Waals surface area contributed by atoms with Gasteiger partial charge in [0.1, 0.15) is 6.17 Å². The Morgan fingerprint density at radius 1 is 0.926 bits per heavy atom. The molecule has 134 valence electrons. The molecule has 3 heteroatoms. The molecule has 1 aliphatic heterocycles. The van der Waals surface area contributed by atoms with Crippen molar-refractivity contribution in [2.75, 3.05) is 10.2 Å². The van der Waals surface area contributed by atoms with E-state index in [2.05, 4.69) is 30.4 Å². The summed E-state index contributed by atoms with van der Waals surface area (Å²) in [6.07, 6.45) is 1.88. The van der Waals surface area contributed by atoms with Crippen LogP contribution in [0, 0.1) is 6.92 Å². The molecule has 3 nitrogen and oxygen atoms in total. The first-order valence-electron chi connectivity index (χ1n) is 9.12. The zero-order valence-corrected chi connectivity index (χ0v) is 15.5. The molecule has 4 rings (SSSR count). The van der Waals surface area contributed by atoms with E-state index in [0.29, 0.717) is 5.56 Å². The second-order valence-corrected chi connectivity index (χ2v) is 6.90. The largest absolute Gasteiger partial charge is 0.361 e. The number of aryl methyl sites for hydroxylation is 1. The van der Waals surface area contributed by atoms with E-state index in [9.17, 15) is 4.79 Å². The zero-order chi connectivity index (χ0) is 18.8. The number of nitrogens with zero attached hydrogens (tertiary/aromatic N) is 1. The Labute approximate surface area is 160 Å². The van der Waals surface area contributed by atoms with Crippen molar-refractivity contribution < 1.29 is 4.79 Å². The van der Waals surface area contributed by atoms with Crippen LogP contribution < -0.4 is 10.2 Å². The first kappa shape index (κ1) is 17.1. The van der Waals surface area contributed by atoms with E-state index >= 15 is 0 Å². The number of para-hydroxylation sites is 1. The minimum Gasteiger partial charge on any atom is -0.361 e. The van der Waals surface area contributed by atoms with Crippen LogP contribution in [-0.4, -0.2) is 12.1 Å². The Kier molecular flexibility index (Phi) is 4.51. The van der Waals surface area contributed by atoms with Gasteiger partial charge in [-0.15, -0.1) is 0 Å². The highest BCUT2D eigenvalue weighted by atomic mass is 16.2. The molecule has 3 aromatic rings. The van der Waals surface area contributed by atoms with Gasteiger partial charge in [0, 0.05) is 11.4 Å². The summed E-state index contributed by atoms with van der Waals surface area (Å²) in [5.41, 5.74) is 5.82. The number of anilines is 2. The predicted molar refractivity (Wildman–Crippen MR) is 112 cm³/mol. The first-order chi connectivity index (χ1) is 13.1. The molecule has 0 aliphatic carbocycles. The molecule has 0 radical (unpaired) electrons. The monoisotopic (exact) mass is 354 g/mol. The molecule has 1 N–H and O–H groups in total. The number of nitrogens with one attached hydrogen (secondary N) is 1. The van der Waals surface area contributed by atoms with E-state index in [4.69, 9.17) is 0 Å².